The van der Waals surface area contributed by atoms with E-state index in [0.29, 0.717) is 12.0 Å². The van der Waals surface area contributed by atoms with Gasteiger partial charge in [-0.3, -0.25) is 0 Å². The van der Waals surface area contributed by atoms with Gasteiger partial charge in [0.05, 0.1) is 0 Å². The second kappa shape index (κ2) is 7.31. The van der Waals surface area contributed by atoms with Gasteiger partial charge in [-0.15, -0.1) is 0 Å². The van der Waals surface area contributed by atoms with E-state index in [1.807, 2.05) is 0 Å². The van der Waals surface area contributed by atoms with Crippen LogP contribution in [0.2, 0.25) is 0 Å². The zero-order valence-electron chi connectivity index (χ0n) is 14.8. The van der Waals surface area contributed by atoms with Crippen molar-refractivity contribution < 1.29 is 0 Å². The second-order valence-corrected chi connectivity index (χ2v) is 7.36. The van der Waals surface area contributed by atoms with Crippen molar-refractivity contribution in [3.05, 3.63) is 28.8 Å². The van der Waals surface area contributed by atoms with E-state index in [2.05, 4.69) is 53.7 Å². The number of anilines is 1. The van der Waals surface area contributed by atoms with Gasteiger partial charge in [-0.1, -0.05) is 46.2 Å². The van der Waals surface area contributed by atoms with Crippen LogP contribution in [0.25, 0.3) is 0 Å². The fraction of sp³-hybridized carbons (Fsp3) is 0.684. The molecule has 0 aromatic heterocycles. The van der Waals surface area contributed by atoms with Crippen molar-refractivity contribution in [2.75, 3.05) is 5.73 Å². The molecule has 2 atom stereocenters. The number of nitrogens with two attached hydrogens (primary N) is 2. The SMILES string of the molecule is CCC(C)c1cc(C(C)(C)CCCC(C)N)cc(C)c1N. The van der Waals surface area contributed by atoms with Crippen molar-refractivity contribution >= 4 is 5.69 Å². The van der Waals surface area contributed by atoms with Crippen molar-refractivity contribution in [1.29, 1.82) is 0 Å². The molecular weight excluding hydrogens is 256 g/mol. The number of hydrogen-bond donors (Lipinski definition) is 2. The lowest BCUT2D eigenvalue weighted by molar-refractivity contribution is 0.439. The average Bonchev–Trinajstić information content (AvgIpc) is 2.40. The van der Waals surface area contributed by atoms with Crippen LogP contribution in [0.15, 0.2) is 12.1 Å². The van der Waals surface area contributed by atoms with E-state index in [4.69, 9.17) is 11.5 Å². The summed E-state index contributed by atoms with van der Waals surface area (Å²) in [5.74, 6) is 0.517. The lowest BCUT2D eigenvalue weighted by Gasteiger charge is -2.28. The van der Waals surface area contributed by atoms with Gasteiger partial charge in [-0.25, -0.2) is 0 Å². The fourth-order valence-corrected chi connectivity index (χ4v) is 2.85. The fourth-order valence-electron chi connectivity index (χ4n) is 2.85. The first kappa shape index (κ1) is 18.0. The Kier molecular flexibility index (Phi) is 6.27. The molecule has 0 aliphatic carbocycles. The quantitative estimate of drug-likeness (QED) is 0.703. The summed E-state index contributed by atoms with van der Waals surface area (Å²) in [5.41, 5.74) is 17.2. The molecule has 0 bridgehead atoms. The van der Waals surface area contributed by atoms with Crippen LogP contribution < -0.4 is 11.5 Å². The molecule has 120 valence electrons. The molecule has 2 nitrogen and oxygen atoms in total. The molecule has 0 aliphatic rings. The Morgan fingerprint density at radius 2 is 1.81 bits per heavy atom. The number of aryl methyl sites for hydroxylation is 1. The normalized spacial score (nSPS) is 15.0. The summed E-state index contributed by atoms with van der Waals surface area (Å²) in [4.78, 5) is 0. The van der Waals surface area contributed by atoms with Gasteiger partial charge in [0, 0.05) is 11.7 Å². The topological polar surface area (TPSA) is 52.0 Å². The monoisotopic (exact) mass is 290 g/mol. The standard InChI is InChI=1S/C19H34N2/c1-7-13(2)17-12-16(11-14(3)18(17)21)19(5,6)10-8-9-15(4)20/h11-13,15H,7-10,20-21H2,1-6H3. The van der Waals surface area contributed by atoms with Gasteiger partial charge in [-0.05, 0) is 61.1 Å². The zero-order chi connectivity index (χ0) is 16.2. The predicted octanol–water partition coefficient (Wildman–Crippen LogP) is 4.89. The molecule has 0 amide bonds. The second-order valence-electron chi connectivity index (χ2n) is 7.36. The van der Waals surface area contributed by atoms with E-state index in [9.17, 15) is 0 Å². The van der Waals surface area contributed by atoms with Crippen molar-refractivity contribution in [3.8, 4) is 0 Å². The largest absolute Gasteiger partial charge is 0.398 e. The molecule has 1 aromatic rings. The number of rotatable bonds is 7. The molecule has 1 rings (SSSR count). The van der Waals surface area contributed by atoms with E-state index in [0.717, 1.165) is 24.9 Å². The van der Waals surface area contributed by atoms with E-state index < -0.39 is 0 Å². The third kappa shape index (κ3) is 4.74. The van der Waals surface area contributed by atoms with Gasteiger partial charge in [0.1, 0.15) is 0 Å². The summed E-state index contributed by atoms with van der Waals surface area (Å²) < 4.78 is 0. The van der Waals surface area contributed by atoms with E-state index >= 15 is 0 Å². The summed E-state index contributed by atoms with van der Waals surface area (Å²) in [5, 5.41) is 0. The Labute approximate surface area is 131 Å². The minimum absolute atomic E-state index is 0.176. The van der Waals surface area contributed by atoms with Crippen LogP contribution in [-0.4, -0.2) is 6.04 Å². The molecular formula is C19H34N2. The molecule has 0 spiro atoms. The zero-order valence-corrected chi connectivity index (χ0v) is 14.8. The highest BCUT2D eigenvalue weighted by Gasteiger charge is 2.23. The molecule has 2 unspecified atom stereocenters. The maximum atomic E-state index is 6.29. The highest BCUT2D eigenvalue weighted by molar-refractivity contribution is 5.57. The molecule has 21 heavy (non-hydrogen) atoms. The molecule has 4 N–H and O–H groups in total. The van der Waals surface area contributed by atoms with Crippen molar-refractivity contribution in [3.63, 3.8) is 0 Å². The van der Waals surface area contributed by atoms with Gasteiger partial charge < -0.3 is 11.5 Å². The number of benzene rings is 1. The van der Waals surface area contributed by atoms with Gasteiger partial charge in [-0.2, -0.15) is 0 Å². The van der Waals surface area contributed by atoms with Crippen molar-refractivity contribution in [2.45, 2.75) is 84.6 Å². The average molecular weight is 290 g/mol. The summed E-state index contributed by atoms with van der Waals surface area (Å²) in [6.07, 6.45) is 4.55. The summed E-state index contributed by atoms with van der Waals surface area (Å²) in [6, 6.07) is 4.90. The lowest BCUT2D eigenvalue weighted by Crippen LogP contribution is -2.21. The Morgan fingerprint density at radius 3 is 2.33 bits per heavy atom. The first-order valence-electron chi connectivity index (χ1n) is 8.35. The minimum atomic E-state index is 0.176. The summed E-state index contributed by atoms with van der Waals surface area (Å²) in [7, 11) is 0. The Bertz CT molecular complexity index is 461. The molecule has 0 saturated heterocycles. The molecule has 0 aliphatic heterocycles. The van der Waals surface area contributed by atoms with Gasteiger partial charge >= 0.3 is 0 Å². The molecule has 0 radical (unpaired) electrons. The van der Waals surface area contributed by atoms with Gasteiger partial charge in [0.2, 0.25) is 0 Å². The third-order valence-corrected chi connectivity index (χ3v) is 4.80. The smallest absolute Gasteiger partial charge is 0.0379 e. The molecule has 2 heteroatoms. The summed E-state index contributed by atoms with van der Waals surface area (Å²) in [6.45, 7) is 13.4. The Hall–Kier alpha value is -1.02. The number of nitrogen functional groups attached to an aromatic ring is 1. The van der Waals surface area contributed by atoms with Crippen LogP contribution >= 0.6 is 0 Å². The van der Waals surface area contributed by atoms with Crippen LogP contribution in [0.5, 0.6) is 0 Å². The van der Waals surface area contributed by atoms with Gasteiger partial charge in [0.15, 0.2) is 0 Å². The predicted molar refractivity (Wildman–Crippen MR) is 94.8 cm³/mol. The van der Waals surface area contributed by atoms with E-state index in [1.54, 1.807) is 0 Å². The first-order valence-corrected chi connectivity index (χ1v) is 8.35. The molecule has 0 fully saturated rings. The maximum absolute atomic E-state index is 6.29. The van der Waals surface area contributed by atoms with Gasteiger partial charge in [0.25, 0.3) is 0 Å². The first-order chi connectivity index (χ1) is 9.69. The maximum Gasteiger partial charge on any atom is 0.0379 e. The van der Waals surface area contributed by atoms with Crippen LogP contribution in [0.4, 0.5) is 5.69 Å². The summed E-state index contributed by atoms with van der Waals surface area (Å²) >= 11 is 0. The van der Waals surface area contributed by atoms with Crippen LogP contribution in [-0.2, 0) is 5.41 Å². The Balaban J connectivity index is 3.03. The Morgan fingerprint density at radius 1 is 1.19 bits per heavy atom. The van der Waals surface area contributed by atoms with E-state index in [1.165, 1.54) is 23.1 Å². The van der Waals surface area contributed by atoms with Crippen LogP contribution in [0, 0.1) is 6.92 Å². The van der Waals surface area contributed by atoms with E-state index in [-0.39, 0.29) is 5.41 Å². The lowest BCUT2D eigenvalue weighted by atomic mass is 9.77. The van der Waals surface area contributed by atoms with Crippen LogP contribution in [0.3, 0.4) is 0 Å². The highest BCUT2D eigenvalue weighted by atomic mass is 14.6. The molecule has 0 saturated carbocycles. The van der Waals surface area contributed by atoms with Crippen molar-refractivity contribution in [1.82, 2.24) is 0 Å². The van der Waals surface area contributed by atoms with Crippen LogP contribution in [0.1, 0.15) is 82.9 Å². The highest BCUT2D eigenvalue weighted by Crippen LogP contribution is 2.36. The molecule has 0 heterocycles. The minimum Gasteiger partial charge on any atom is -0.398 e. The third-order valence-electron chi connectivity index (χ3n) is 4.80. The number of hydrogen-bond acceptors (Lipinski definition) is 2. The molecule has 1 aromatic carbocycles. The van der Waals surface area contributed by atoms with Crippen molar-refractivity contribution in [2.24, 2.45) is 5.73 Å².